The van der Waals surface area contributed by atoms with Crippen molar-refractivity contribution in [2.24, 2.45) is 0 Å². The van der Waals surface area contributed by atoms with Crippen molar-refractivity contribution < 1.29 is 9.59 Å². The lowest BCUT2D eigenvalue weighted by Crippen LogP contribution is -2.45. The van der Waals surface area contributed by atoms with E-state index in [0.717, 1.165) is 47.5 Å². The molecule has 1 fully saturated rings. The van der Waals surface area contributed by atoms with Gasteiger partial charge in [-0.3, -0.25) is 14.5 Å². The predicted octanol–water partition coefficient (Wildman–Crippen LogP) is 5.74. The summed E-state index contributed by atoms with van der Waals surface area (Å²) >= 11 is 1.57. The Morgan fingerprint density at radius 2 is 1.68 bits per heavy atom. The molecule has 1 aliphatic carbocycles. The molecule has 0 saturated heterocycles. The van der Waals surface area contributed by atoms with Crippen LogP contribution in [0, 0.1) is 0 Å². The minimum absolute atomic E-state index is 0.0245. The molecule has 3 aromatic rings. The molecule has 1 saturated carbocycles. The Balaban J connectivity index is 1.56. The van der Waals surface area contributed by atoms with Crippen molar-refractivity contribution in [3.05, 3.63) is 82.6 Å². The second kappa shape index (κ2) is 8.67. The number of thiophene rings is 1. The van der Waals surface area contributed by atoms with Crippen molar-refractivity contribution in [3.8, 4) is 0 Å². The highest BCUT2D eigenvalue weighted by atomic mass is 32.1. The summed E-state index contributed by atoms with van der Waals surface area (Å²) in [5, 5.41) is 1.98. The average molecular weight is 431 g/mol. The van der Waals surface area contributed by atoms with Gasteiger partial charge in [0.05, 0.1) is 6.42 Å². The van der Waals surface area contributed by atoms with Gasteiger partial charge < -0.3 is 4.90 Å². The quantitative estimate of drug-likeness (QED) is 0.517. The molecular weight excluding hydrogens is 404 g/mol. The minimum Gasteiger partial charge on any atom is -0.307 e. The second-order valence-corrected chi connectivity index (χ2v) is 9.35. The highest BCUT2D eigenvalue weighted by Crippen LogP contribution is 2.44. The third kappa shape index (κ3) is 3.79. The van der Waals surface area contributed by atoms with Gasteiger partial charge in [-0.15, -0.1) is 11.3 Å². The van der Waals surface area contributed by atoms with E-state index < -0.39 is 6.04 Å². The number of para-hydroxylation sites is 2. The van der Waals surface area contributed by atoms with Crippen LogP contribution in [-0.2, 0) is 16.0 Å². The number of carbonyl (C=O) groups excluding carboxylic acids is 2. The highest BCUT2D eigenvalue weighted by molar-refractivity contribution is 7.10. The van der Waals surface area contributed by atoms with Crippen LogP contribution in [0.5, 0.6) is 0 Å². The molecule has 1 atom stereocenters. The van der Waals surface area contributed by atoms with E-state index in [0.29, 0.717) is 6.42 Å². The van der Waals surface area contributed by atoms with Crippen molar-refractivity contribution in [1.29, 1.82) is 0 Å². The number of carbonyl (C=O) groups is 2. The second-order valence-electron chi connectivity index (χ2n) is 8.32. The zero-order chi connectivity index (χ0) is 21.2. The first-order chi connectivity index (χ1) is 15.2. The molecule has 5 heteroatoms. The summed E-state index contributed by atoms with van der Waals surface area (Å²) in [6.07, 6.45) is 5.89. The van der Waals surface area contributed by atoms with Crippen molar-refractivity contribution in [2.75, 3.05) is 9.80 Å². The molecule has 2 aromatic carbocycles. The first-order valence-corrected chi connectivity index (χ1v) is 11.9. The Bertz CT molecular complexity index is 1060. The largest absolute Gasteiger partial charge is 0.307 e. The van der Waals surface area contributed by atoms with Gasteiger partial charge in [-0.05, 0) is 42.5 Å². The van der Waals surface area contributed by atoms with Gasteiger partial charge in [0.2, 0.25) is 5.91 Å². The fourth-order valence-corrected chi connectivity index (χ4v) is 5.66. The zero-order valence-electron chi connectivity index (χ0n) is 17.4. The van der Waals surface area contributed by atoms with Crippen LogP contribution in [0.1, 0.15) is 48.6 Å². The van der Waals surface area contributed by atoms with Crippen LogP contribution in [0.3, 0.4) is 0 Å². The molecule has 158 valence electrons. The summed E-state index contributed by atoms with van der Waals surface area (Å²) in [5.74, 6) is -0.0243. The van der Waals surface area contributed by atoms with Crippen molar-refractivity contribution >= 4 is 34.5 Å². The van der Waals surface area contributed by atoms with Gasteiger partial charge in [0, 0.05) is 27.9 Å². The normalized spacial score (nSPS) is 18.8. The maximum Gasteiger partial charge on any atom is 0.255 e. The number of hydrogen-bond acceptors (Lipinski definition) is 3. The van der Waals surface area contributed by atoms with E-state index in [2.05, 4.69) is 0 Å². The van der Waals surface area contributed by atoms with E-state index in [9.17, 15) is 9.59 Å². The number of rotatable bonds is 5. The summed E-state index contributed by atoms with van der Waals surface area (Å²) in [4.78, 5) is 32.2. The zero-order valence-corrected chi connectivity index (χ0v) is 18.3. The predicted molar refractivity (Wildman–Crippen MR) is 125 cm³/mol. The maximum absolute atomic E-state index is 13.9. The monoisotopic (exact) mass is 430 g/mol. The molecule has 2 heterocycles. The Hall–Kier alpha value is -2.92. The Kier molecular flexibility index (Phi) is 5.60. The molecule has 31 heavy (non-hydrogen) atoms. The molecule has 5 rings (SSSR count). The minimum atomic E-state index is -0.618. The number of anilines is 2. The first kappa shape index (κ1) is 20.0. The van der Waals surface area contributed by atoms with Crippen LogP contribution >= 0.6 is 11.3 Å². The summed E-state index contributed by atoms with van der Waals surface area (Å²) in [6.45, 7) is 0. The maximum atomic E-state index is 13.9. The molecule has 4 nitrogen and oxygen atoms in total. The molecule has 2 aliphatic rings. The average Bonchev–Trinajstić information content (AvgIpc) is 3.42. The Morgan fingerprint density at radius 1 is 0.935 bits per heavy atom. The number of amides is 2. The topological polar surface area (TPSA) is 40.6 Å². The molecule has 0 radical (unpaired) electrons. The van der Waals surface area contributed by atoms with Crippen LogP contribution in [0.2, 0.25) is 0 Å². The number of fused-ring (bicyclic) bond motifs is 1. The Morgan fingerprint density at radius 3 is 2.42 bits per heavy atom. The van der Waals surface area contributed by atoms with Gasteiger partial charge in [0.25, 0.3) is 5.91 Å². The highest BCUT2D eigenvalue weighted by Gasteiger charge is 2.45. The van der Waals surface area contributed by atoms with Gasteiger partial charge in [0.15, 0.2) is 0 Å². The summed E-state index contributed by atoms with van der Waals surface area (Å²) in [6, 6.07) is 21.2. The SMILES string of the molecule is O=C1C(N(C(=O)Cc2cccs2)c2ccccc2)c2ccccc2N1C1CCCCC1. The van der Waals surface area contributed by atoms with Gasteiger partial charge >= 0.3 is 0 Å². The Labute approximate surface area is 187 Å². The lowest BCUT2D eigenvalue weighted by atomic mass is 9.94. The van der Waals surface area contributed by atoms with E-state index in [1.807, 2.05) is 77.0 Å². The van der Waals surface area contributed by atoms with E-state index in [-0.39, 0.29) is 17.9 Å². The fraction of sp³-hybridized carbons (Fsp3) is 0.308. The molecule has 0 spiro atoms. The summed E-state index contributed by atoms with van der Waals surface area (Å²) in [5.41, 5.74) is 2.67. The number of benzene rings is 2. The lowest BCUT2D eigenvalue weighted by molar-refractivity contribution is -0.124. The van der Waals surface area contributed by atoms with E-state index in [1.165, 1.54) is 6.42 Å². The van der Waals surface area contributed by atoms with Gasteiger partial charge in [-0.1, -0.05) is 61.7 Å². The number of hydrogen-bond donors (Lipinski definition) is 0. The summed E-state index contributed by atoms with van der Waals surface area (Å²) in [7, 11) is 0. The molecule has 0 bridgehead atoms. The van der Waals surface area contributed by atoms with Crippen LogP contribution in [0.15, 0.2) is 72.1 Å². The van der Waals surface area contributed by atoms with Gasteiger partial charge in [-0.25, -0.2) is 0 Å². The van der Waals surface area contributed by atoms with Gasteiger partial charge in [0.1, 0.15) is 6.04 Å². The van der Waals surface area contributed by atoms with E-state index >= 15 is 0 Å². The fourth-order valence-electron chi connectivity index (χ4n) is 4.96. The molecule has 2 amide bonds. The number of nitrogens with zero attached hydrogens (tertiary/aromatic N) is 2. The van der Waals surface area contributed by atoms with E-state index in [4.69, 9.17) is 0 Å². The molecular formula is C26H26N2O2S. The standard InChI is InChI=1S/C26H26N2O2S/c29-24(18-21-14-9-17-31-21)28(20-12-5-2-6-13-20)25-22-15-7-8-16-23(22)27(26(25)30)19-10-3-1-4-11-19/h2,5-9,12-17,19,25H,1,3-4,10-11,18H2. The van der Waals surface area contributed by atoms with E-state index in [1.54, 1.807) is 16.2 Å². The van der Waals surface area contributed by atoms with Crippen molar-refractivity contribution in [2.45, 2.75) is 50.6 Å². The third-order valence-corrected chi connectivity index (χ3v) is 7.25. The molecule has 1 aromatic heterocycles. The first-order valence-electron chi connectivity index (χ1n) is 11.1. The molecule has 0 N–H and O–H groups in total. The lowest BCUT2D eigenvalue weighted by Gasteiger charge is -2.33. The van der Waals surface area contributed by atoms with Gasteiger partial charge in [-0.2, -0.15) is 0 Å². The third-order valence-electron chi connectivity index (χ3n) is 6.37. The van der Waals surface area contributed by atoms with Crippen LogP contribution in [0.4, 0.5) is 11.4 Å². The van der Waals surface area contributed by atoms with Crippen molar-refractivity contribution in [3.63, 3.8) is 0 Å². The van der Waals surface area contributed by atoms with Crippen LogP contribution in [0.25, 0.3) is 0 Å². The van der Waals surface area contributed by atoms with Crippen LogP contribution < -0.4 is 9.80 Å². The van der Waals surface area contributed by atoms with Crippen LogP contribution in [-0.4, -0.2) is 17.9 Å². The summed E-state index contributed by atoms with van der Waals surface area (Å²) < 4.78 is 0. The smallest absolute Gasteiger partial charge is 0.255 e. The van der Waals surface area contributed by atoms with Crippen molar-refractivity contribution in [1.82, 2.24) is 0 Å². The molecule has 1 aliphatic heterocycles. The molecule has 1 unspecified atom stereocenters.